The Balaban J connectivity index is 1.38. The van der Waals surface area contributed by atoms with Crippen LogP contribution in [0, 0.1) is 6.92 Å². The lowest BCUT2D eigenvalue weighted by molar-refractivity contribution is -0.120. The molecule has 0 spiro atoms. The molecule has 2 N–H and O–H groups in total. The summed E-state index contributed by atoms with van der Waals surface area (Å²) in [7, 11) is 0. The van der Waals surface area contributed by atoms with Crippen molar-refractivity contribution in [1.82, 2.24) is 20.2 Å². The maximum atomic E-state index is 12.0. The zero-order chi connectivity index (χ0) is 18.4. The summed E-state index contributed by atoms with van der Waals surface area (Å²) in [5.74, 6) is -0.435. The quantitative estimate of drug-likeness (QED) is 0.642. The molecule has 0 aliphatic carbocycles. The topological polar surface area (TPSA) is 76.0 Å². The molecule has 2 aromatic carbocycles. The number of carbonyl (C=O) groups is 2. The molecular weight excluding hydrogens is 328 g/mol. The molecule has 0 fully saturated rings. The van der Waals surface area contributed by atoms with Gasteiger partial charge in [0.15, 0.2) is 0 Å². The second-order valence-electron chi connectivity index (χ2n) is 6.18. The highest BCUT2D eigenvalue weighted by Gasteiger charge is 2.08. The minimum atomic E-state index is -0.242. The van der Waals surface area contributed by atoms with E-state index in [1.807, 2.05) is 49.6 Å². The number of amides is 2. The van der Waals surface area contributed by atoms with E-state index >= 15 is 0 Å². The van der Waals surface area contributed by atoms with Gasteiger partial charge in [-0.2, -0.15) is 0 Å². The Bertz CT molecular complexity index is 917. The molecule has 6 heteroatoms. The molecule has 3 rings (SSSR count). The number of benzene rings is 2. The Morgan fingerprint density at radius 3 is 2.77 bits per heavy atom. The molecule has 134 valence electrons. The van der Waals surface area contributed by atoms with E-state index in [2.05, 4.69) is 20.2 Å². The molecule has 0 unspecified atom stereocenters. The lowest BCUT2D eigenvalue weighted by atomic mass is 10.1. The molecule has 0 saturated carbocycles. The number of hydrogen-bond acceptors (Lipinski definition) is 3. The van der Waals surface area contributed by atoms with E-state index in [-0.39, 0.29) is 18.4 Å². The first-order chi connectivity index (χ1) is 12.6. The smallest absolute Gasteiger partial charge is 0.251 e. The van der Waals surface area contributed by atoms with Crippen molar-refractivity contribution >= 4 is 22.8 Å². The fourth-order valence-electron chi connectivity index (χ4n) is 2.78. The van der Waals surface area contributed by atoms with Gasteiger partial charge in [-0.25, -0.2) is 4.98 Å². The van der Waals surface area contributed by atoms with Crippen LogP contribution in [-0.2, 0) is 11.3 Å². The van der Waals surface area contributed by atoms with Crippen molar-refractivity contribution in [2.24, 2.45) is 0 Å². The van der Waals surface area contributed by atoms with Gasteiger partial charge in [-0.3, -0.25) is 9.59 Å². The average molecular weight is 350 g/mol. The van der Waals surface area contributed by atoms with Crippen molar-refractivity contribution in [2.75, 3.05) is 13.1 Å². The van der Waals surface area contributed by atoms with E-state index in [4.69, 9.17) is 0 Å². The van der Waals surface area contributed by atoms with Crippen LogP contribution < -0.4 is 10.6 Å². The summed E-state index contributed by atoms with van der Waals surface area (Å²) in [5.41, 5.74) is 3.62. The third kappa shape index (κ3) is 4.47. The van der Waals surface area contributed by atoms with Crippen LogP contribution in [-0.4, -0.2) is 34.5 Å². The molecule has 6 nitrogen and oxygen atoms in total. The normalized spacial score (nSPS) is 10.7. The summed E-state index contributed by atoms with van der Waals surface area (Å²) in [6.07, 6.45) is 2.60. The van der Waals surface area contributed by atoms with Crippen molar-refractivity contribution in [3.05, 3.63) is 66.0 Å². The molecule has 0 aliphatic heterocycles. The Labute approximate surface area is 152 Å². The Kier molecular flexibility index (Phi) is 5.63. The number of hydrogen-bond donors (Lipinski definition) is 2. The van der Waals surface area contributed by atoms with Gasteiger partial charge in [0.25, 0.3) is 5.91 Å². The number of nitrogens with zero attached hydrogens (tertiary/aromatic N) is 2. The van der Waals surface area contributed by atoms with Crippen molar-refractivity contribution in [3.63, 3.8) is 0 Å². The maximum absolute atomic E-state index is 12.0. The van der Waals surface area contributed by atoms with E-state index in [0.29, 0.717) is 12.1 Å². The minimum Gasteiger partial charge on any atom is -0.355 e. The van der Waals surface area contributed by atoms with E-state index in [1.165, 1.54) is 0 Å². The molecule has 26 heavy (non-hydrogen) atoms. The zero-order valence-corrected chi connectivity index (χ0v) is 14.7. The SMILES string of the molecule is Cc1cccc(C(=O)NCC(=O)NCCCn2cnc3ccccc32)c1. The number of aryl methyl sites for hydroxylation is 2. The van der Waals surface area contributed by atoms with E-state index < -0.39 is 0 Å². The fourth-order valence-corrected chi connectivity index (χ4v) is 2.78. The van der Waals surface area contributed by atoms with Gasteiger partial charge in [0, 0.05) is 18.7 Å². The number of imidazole rings is 1. The standard InChI is InChI=1S/C20H22N4O2/c1-15-6-4-7-16(12-15)20(26)22-13-19(25)21-10-5-11-24-14-23-17-8-2-3-9-18(17)24/h2-4,6-9,12,14H,5,10-11,13H2,1H3,(H,21,25)(H,22,26). The van der Waals surface area contributed by atoms with E-state index in [9.17, 15) is 9.59 Å². The summed E-state index contributed by atoms with van der Waals surface area (Å²) < 4.78 is 2.07. The van der Waals surface area contributed by atoms with Crippen LogP contribution in [0.1, 0.15) is 22.3 Å². The van der Waals surface area contributed by atoms with Crippen LogP contribution >= 0.6 is 0 Å². The van der Waals surface area contributed by atoms with E-state index in [1.54, 1.807) is 12.1 Å². The van der Waals surface area contributed by atoms with Gasteiger partial charge >= 0.3 is 0 Å². The Hall–Kier alpha value is -3.15. The van der Waals surface area contributed by atoms with Gasteiger partial charge in [0.1, 0.15) is 0 Å². The van der Waals surface area contributed by atoms with Gasteiger partial charge in [0.05, 0.1) is 23.9 Å². The third-order valence-corrected chi connectivity index (χ3v) is 4.12. The van der Waals surface area contributed by atoms with Crippen LogP contribution in [0.2, 0.25) is 0 Å². The molecule has 3 aromatic rings. The molecule has 1 aromatic heterocycles. The van der Waals surface area contributed by atoms with E-state index in [0.717, 1.165) is 29.6 Å². The highest BCUT2D eigenvalue weighted by molar-refractivity contribution is 5.96. The van der Waals surface area contributed by atoms with Crippen LogP contribution in [0.5, 0.6) is 0 Å². The average Bonchev–Trinajstić information content (AvgIpc) is 3.06. The molecule has 0 aliphatic rings. The largest absolute Gasteiger partial charge is 0.355 e. The predicted molar refractivity (Wildman–Crippen MR) is 101 cm³/mol. The number of para-hydroxylation sites is 2. The third-order valence-electron chi connectivity index (χ3n) is 4.12. The first-order valence-electron chi connectivity index (χ1n) is 8.65. The van der Waals surface area contributed by atoms with Crippen molar-refractivity contribution < 1.29 is 9.59 Å². The lowest BCUT2D eigenvalue weighted by Gasteiger charge is -2.08. The molecular formula is C20H22N4O2. The van der Waals surface area contributed by atoms with Gasteiger partial charge < -0.3 is 15.2 Å². The van der Waals surface area contributed by atoms with Crippen LogP contribution in [0.3, 0.4) is 0 Å². The van der Waals surface area contributed by atoms with Gasteiger partial charge in [-0.1, -0.05) is 29.8 Å². The predicted octanol–water partition coefficient (Wildman–Crippen LogP) is 2.28. The summed E-state index contributed by atoms with van der Waals surface area (Å²) in [6, 6.07) is 15.2. The summed E-state index contributed by atoms with van der Waals surface area (Å²) in [6.45, 7) is 3.22. The minimum absolute atomic E-state index is 0.0270. The Morgan fingerprint density at radius 2 is 1.92 bits per heavy atom. The molecule has 0 saturated heterocycles. The summed E-state index contributed by atoms with van der Waals surface area (Å²) in [4.78, 5) is 28.2. The number of fused-ring (bicyclic) bond motifs is 1. The number of carbonyl (C=O) groups excluding carboxylic acids is 2. The lowest BCUT2D eigenvalue weighted by Crippen LogP contribution is -2.37. The molecule has 1 heterocycles. The second kappa shape index (κ2) is 8.29. The van der Waals surface area contributed by atoms with Gasteiger partial charge in [-0.15, -0.1) is 0 Å². The number of rotatable bonds is 7. The highest BCUT2D eigenvalue weighted by Crippen LogP contribution is 2.11. The van der Waals surface area contributed by atoms with Crippen LogP contribution in [0.25, 0.3) is 11.0 Å². The first-order valence-corrected chi connectivity index (χ1v) is 8.65. The molecule has 0 atom stereocenters. The zero-order valence-electron chi connectivity index (χ0n) is 14.7. The highest BCUT2D eigenvalue weighted by atomic mass is 16.2. The molecule has 0 bridgehead atoms. The van der Waals surface area contributed by atoms with Crippen molar-refractivity contribution in [1.29, 1.82) is 0 Å². The van der Waals surface area contributed by atoms with Crippen molar-refractivity contribution in [2.45, 2.75) is 19.9 Å². The number of nitrogens with one attached hydrogen (secondary N) is 2. The monoisotopic (exact) mass is 350 g/mol. The Morgan fingerprint density at radius 1 is 1.08 bits per heavy atom. The van der Waals surface area contributed by atoms with Crippen LogP contribution in [0.4, 0.5) is 0 Å². The number of aromatic nitrogens is 2. The van der Waals surface area contributed by atoms with Crippen molar-refractivity contribution in [3.8, 4) is 0 Å². The summed E-state index contributed by atoms with van der Waals surface area (Å²) in [5, 5.41) is 5.46. The first kappa shape index (κ1) is 17.7. The maximum Gasteiger partial charge on any atom is 0.251 e. The molecule has 2 amide bonds. The van der Waals surface area contributed by atoms with Gasteiger partial charge in [0.2, 0.25) is 5.91 Å². The van der Waals surface area contributed by atoms with Gasteiger partial charge in [-0.05, 0) is 37.6 Å². The second-order valence-corrected chi connectivity index (χ2v) is 6.18. The summed E-state index contributed by atoms with van der Waals surface area (Å²) >= 11 is 0. The molecule has 0 radical (unpaired) electrons. The fraction of sp³-hybridized carbons (Fsp3) is 0.250. The van der Waals surface area contributed by atoms with Crippen LogP contribution in [0.15, 0.2) is 54.9 Å².